The number of benzene rings is 3. The molecule has 0 fully saturated rings. The third-order valence-electron chi connectivity index (χ3n) is 6.70. The van der Waals surface area contributed by atoms with Gasteiger partial charge in [0.1, 0.15) is 40.0 Å². The fourth-order valence-corrected chi connectivity index (χ4v) is 5.43. The van der Waals surface area contributed by atoms with E-state index in [0.717, 1.165) is 12.3 Å². The first-order chi connectivity index (χ1) is 20.0. The zero-order chi connectivity index (χ0) is 29.8. The molecule has 1 atom stereocenters. The van der Waals surface area contributed by atoms with Crippen LogP contribution in [0.5, 0.6) is 0 Å². The van der Waals surface area contributed by atoms with Crippen molar-refractivity contribution in [2.75, 3.05) is 16.7 Å². The quantitative estimate of drug-likeness (QED) is 0.240. The second-order valence-electron chi connectivity index (χ2n) is 9.73. The van der Waals surface area contributed by atoms with E-state index in [2.05, 4.69) is 24.9 Å². The Morgan fingerprint density at radius 1 is 0.976 bits per heavy atom. The number of nitrogens with one attached hydrogen (secondary N) is 2. The summed E-state index contributed by atoms with van der Waals surface area (Å²) in [5.74, 6) is -1.83. The monoisotopic (exact) mass is 588 g/mol. The number of aromatic amines is 1. The zero-order valence-corrected chi connectivity index (χ0v) is 23.0. The number of sulfonamides is 1. The van der Waals surface area contributed by atoms with Gasteiger partial charge in [-0.1, -0.05) is 30.3 Å². The van der Waals surface area contributed by atoms with Gasteiger partial charge in [-0.2, -0.15) is 5.10 Å². The lowest BCUT2D eigenvalue weighted by atomic mass is 9.95. The minimum Gasteiger partial charge on any atom is -0.459 e. The Morgan fingerprint density at radius 2 is 1.71 bits per heavy atom. The molecular weight excluding hydrogens is 566 g/mol. The highest BCUT2D eigenvalue weighted by Gasteiger charge is 2.27. The molecule has 6 aromatic rings. The van der Waals surface area contributed by atoms with Crippen LogP contribution in [0.25, 0.3) is 44.4 Å². The predicted molar refractivity (Wildman–Crippen MR) is 155 cm³/mol. The lowest BCUT2D eigenvalue weighted by molar-refractivity contribution is 0.512. The maximum atomic E-state index is 14.7. The summed E-state index contributed by atoms with van der Waals surface area (Å²) in [7, 11) is -3.50. The summed E-state index contributed by atoms with van der Waals surface area (Å²) >= 11 is 0. The fourth-order valence-electron chi connectivity index (χ4n) is 4.88. The average molecular weight is 589 g/mol. The van der Waals surface area contributed by atoms with Crippen LogP contribution in [0.15, 0.2) is 75.9 Å². The number of nitrogens with zero attached hydrogens (tertiary/aromatic N) is 3. The Morgan fingerprint density at radius 3 is 2.48 bits per heavy atom. The molecule has 3 aromatic carbocycles. The van der Waals surface area contributed by atoms with Crippen LogP contribution in [0, 0.1) is 11.6 Å². The van der Waals surface area contributed by atoms with Crippen molar-refractivity contribution in [3.63, 3.8) is 0 Å². The van der Waals surface area contributed by atoms with Crippen molar-refractivity contribution in [2.45, 2.75) is 12.8 Å². The second kappa shape index (κ2) is 10.0. The molecular formula is C29H22F2N6O4S. The van der Waals surface area contributed by atoms with Crippen LogP contribution in [0.3, 0.4) is 0 Å². The van der Waals surface area contributed by atoms with Crippen molar-refractivity contribution in [1.29, 1.82) is 0 Å². The Hall–Kier alpha value is -5.17. The first-order valence-electron chi connectivity index (χ1n) is 12.6. The number of halogens is 2. The van der Waals surface area contributed by atoms with E-state index in [9.17, 15) is 22.0 Å². The summed E-state index contributed by atoms with van der Waals surface area (Å²) in [5, 5.41) is 7.31. The zero-order valence-electron chi connectivity index (χ0n) is 22.1. The van der Waals surface area contributed by atoms with Crippen molar-refractivity contribution >= 4 is 43.5 Å². The lowest BCUT2D eigenvalue weighted by Gasteiger charge is -2.16. The van der Waals surface area contributed by atoms with E-state index in [1.165, 1.54) is 36.4 Å². The number of anilines is 2. The van der Waals surface area contributed by atoms with Crippen LogP contribution in [0.2, 0.25) is 0 Å². The number of fused-ring (bicyclic) bond motifs is 2. The van der Waals surface area contributed by atoms with Gasteiger partial charge in [0.05, 0.1) is 28.8 Å². The molecule has 10 nitrogen and oxygen atoms in total. The van der Waals surface area contributed by atoms with E-state index in [1.54, 1.807) is 31.2 Å². The third kappa shape index (κ3) is 4.83. The molecule has 0 saturated carbocycles. The molecule has 3 heterocycles. The van der Waals surface area contributed by atoms with Gasteiger partial charge >= 0.3 is 0 Å². The van der Waals surface area contributed by atoms with Gasteiger partial charge in [0.25, 0.3) is 0 Å². The molecule has 1 unspecified atom stereocenters. The number of aromatic nitrogens is 4. The predicted octanol–water partition coefficient (Wildman–Crippen LogP) is 5.18. The van der Waals surface area contributed by atoms with Crippen LogP contribution < -0.4 is 15.9 Å². The molecule has 0 spiro atoms. The van der Waals surface area contributed by atoms with Crippen molar-refractivity contribution in [2.24, 2.45) is 0 Å². The Bertz CT molecular complexity index is 2200. The molecule has 13 heteroatoms. The molecule has 6 rings (SSSR count). The molecule has 0 aliphatic carbocycles. The molecule has 0 aliphatic rings. The average Bonchev–Trinajstić information content (AvgIpc) is 3.36. The normalized spacial score (nSPS) is 12.6. The minimum atomic E-state index is -3.50. The molecule has 3 aromatic heterocycles. The first kappa shape index (κ1) is 27.0. The van der Waals surface area contributed by atoms with E-state index >= 15 is 0 Å². The van der Waals surface area contributed by atoms with Crippen molar-refractivity contribution in [3.05, 3.63) is 100 Å². The topological polar surface area (TPSA) is 157 Å². The van der Waals surface area contributed by atoms with Crippen LogP contribution in [0.4, 0.5) is 20.3 Å². The number of hydrogen-bond donors (Lipinski definition) is 3. The van der Waals surface area contributed by atoms with Crippen molar-refractivity contribution in [3.8, 4) is 22.4 Å². The summed E-state index contributed by atoms with van der Waals surface area (Å²) in [6.45, 7) is 1.68. The molecule has 0 radical (unpaired) electrons. The van der Waals surface area contributed by atoms with E-state index in [4.69, 9.17) is 10.2 Å². The van der Waals surface area contributed by atoms with Gasteiger partial charge < -0.3 is 10.2 Å². The lowest BCUT2D eigenvalue weighted by Crippen LogP contribution is -2.14. The van der Waals surface area contributed by atoms with E-state index in [0.29, 0.717) is 22.3 Å². The highest BCUT2D eigenvalue weighted by atomic mass is 32.2. The SMILES string of the molecule is CC(c1nc(N)c2c(-c3cccc(NS(C)(=O)=O)c3)[nH]nc2n1)c1oc2cccc(F)c2c(=O)c1-c1cccc(F)c1. The Kier molecular flexibility index (Phi) is 6.45. The van der Waals surface area contributed by atoms with Gasteiger partial charge in [0.15, 0.2) is 5.65 Å². The fraction of sp³-hybridized carbons (Fsp3) is 0.103. The summed E-state index contributed by atoms with van der Waals surface area (Å²) < 4.78 is 60.8. The van der Waals surface area contributed by atoms with Gasteiger partial charge in [-0.3, -0.25) is 14.6 Å². The van der Waals surface area contributed by atoms with Crippen LogP contribution in [0.1, 0.15) is 24.4 Å². The summed E-state index contributed by atoms with van der Waals surface area (Å²) in [6, 6.07) is 16.0. The second-order valence-corrected chi connectivity index (χ2v) is 11.5. The van der Waals surface area contributed by atoms with Gasteiger partial charge in [-0.25, -0.2) is 27.2 Å². The van der Waals surface area contributed by atoms with Gasteiger partial charge in [0, 0.05) is 11.3 Å². The van der Waals surface area contributed by atoms with Crippen molar-refractivity contribution < 1.29 is 21.6 Å². The highest BCUT2D eigenvalue weighted by molar-refractivity contribution is 7.92. The third-order valence-corrected chi connectivity index (χ3v) is 7.31. The first-order valence-corrected chi connectivity index (χ1v) is 14.5. The maximum absolute atomic E-state index is 14.7. The number of nitrogen functional groups attached to an aromatic ring is 1. The summed E-state index contributed by atoms with van der Waals surface area (Å²) in [6.07, 6.45) is 1.05. The van der Waals surface area contributed by atoms with Crippen LogP contribution in [-0.2, 0) is 10.0 Å². The molecule has 0 amide bonds. The minimum absolute atomic E-state index is 0.0145. The number of rotatable bonds is 6. The summed E-state index contributed by atoms with van der Waals surface area (Å²) in [4.78, 5) is 22.7. The van der Waals surface area contributed by atoms with Crippen molar-refractivity contribution in [1.82, 2.24) is 20.2 Å². The largest absolute Gasteiger partial charge is 0.459 e. The molecule has 0 saturated heterocycles. The molecule has 4 N–H and O–H groups in total. The van der Waals surface area contributed by atoms with E-state index in [1.807, 2.05) is 0 Å². The smallest absolute Gasteiger partial charge is 0.229 e. The Labute approximate surface area is 237 Å². The van der Waals surface area contributed by atoms with Gasteiger partial charge in [-0.05, 0) is 48.9 Å². The number of nitrogens with two attached hydrogens (primary N) is 1. The number of hydrogen-bond acceptors (Lipinski definition) is 8. The standard InChI is InChI=1S/C29H22F2N6O4S/c1-14(26-21(15-6-3-8-17(30)12-15)25(38)22-19(31)10-5-11-20(22)41-26)28-33-27(32)23-24(35-36-29(23)34-28)16-7-4-9-18(13-16)37-42(2,39)40/h3-14,37H,1-2H3,(H3,32,33,34,35,36). The molecule has 0 bridgehead atoms. The molecule has 42 heavy (non-hydrogen) atoms. The highest BCUT2D eigenvalue weighted by Crippen LogP contribution is 2.36. The summed E-state index contributed by atoms with van der Waals surface area (Å²) in [5.41, 5.74) is 7.51. The number of H-pyrrole nitrogens is 1. The van der Waals surface area contributed by atoms with Gasteiger partial charge in [-0.15, -0.1) is 0 Å². The Balaban J connectivity index is 1.50. The van der Waals surface area contributed by atoms with Crippen LogP contribution >= 0.6 is 0 Å². The van der Waals surface area contributed by atoms with Crippen LogP contribution in [-0.4, -0.2) is 34.8 Å². The van der Waals surface area contributed by atoms with Gasteiger partial charge in [0.2, 0.25) is 15.5 Å². The maximum Gasteiger partial charge on any atom is 0.229 e. The van der Waals surface area contributed by atoms with E-state index in [-0.39, 0.29) is 45.1 Å². The molecule has 212 valence electrons. The van der Waals surface area contributed by atoms with E-state index < -0.39 is 33.0 Å². The molecule has 0 aliphatic heterocycles.